The fraction of sp³-hybridized carbons (Fsp3) is 0.209. The Labute approximate surface area is 267 Å². The molecule has 8 rings (SSSR count). The molecule has 5 aromatic carbocycles. The predicted molar refractivity (Wildman–Crippen MR) is 188 cm³/mol. The second-order valence-electron chi connectivity index (χ2n) is 14.1. The zero-order valence-corrected chi connectivity index (χ0v) is 26.8. The molecular formula is C43H39NO. The summed E-state index contributed by atoms with van der Waals surface area (Å²) in [6, 6.07) is 42.2. The van der Waals surface area contributed by atoms with Gasteiger partial charge in [0.05, 0.1) is 5.69 Å². The van der Waals surface area contributed by atoms with E-state index in [4.69, 9.17) is 4.74 Å². The van der Waals surface area contributed by atoms with Crippen molar-refractivity contribution in [3.63, 3.8) is 0 Å². The van der Waals surface area contributed by atoms with Gasteiger partial charge in [0.1, 0.15) is 11.9 Å². The van der Waals surface area contributed by atoms with Gasteiger partial charge in [0.2, 0.25) is 0 Å². The van der Waals surface area contributed by atoms with E-state index in [1.54, 1.807) is 0 Å². The molecule has 0 fully saturated rings. The number of hydrogen-bond donors (Lipinski definition) is 0. The van der Waals surface area contributed by atoms with Crippen molar-refractivity contribution in [2.24, 2.45) is 0 Å². The lowest BCUT2D eigenvalue weighted by molar-refractivity contribution is 0.278. The van der Waals surface area contributed by atoms with E-state index in [0.29, 0.717) is 0 Å². The maximum atomic E-state index is 6.34. The molecule has 1 unspecified atom stereocenters. The summed E-state index contributed by atoms with van der Waals surface area (Å²) in [5.74, 6) is 0.978. The Bertz CT molecular complexity index is 2020. The number of allylic oxidation sites excluding steroid dienone is 1. The van der Waals surface area contributed by atoms with Crippen LogP contribution in [0.2, 0.25) is 0 Å². The summed E-state index contributed by atoms with van der Waals surface area (Å²) in [7, 11) is 0. The van der Waals surface area contributed by atoms with Crippen molar-refractivity contribution in [3.05, 3.63) is 155 Å². The third-order valence-corrected chi connectivity index (χ3v) is 9.93. The van der Waals surface area contributed by atoms with E-state index in [9.17, 15) is 0 Å². The van der Waals surface area contributed by atoms with Crippen LogP contribution in [0.25, 0.3) is 27.8 Å². The average Bonchev–Trinajstić information content (AvgIpc) is 3.53. The number of anilines is 2. The molecule has 0 amide bonds. The van der Waals surface area contributed by atoms with Gasteiger partial charge in [-0.3, -0.25) is 0 Å². The molecule has 222 valence electrons. The fourth-order valence-electron chi connectivity index (χ4n) is 7.53. The van der Waals surface area contributed by atoms with E-state index >= 15 is 0 Å². The van der Waals surface area contributed by atoms with Crippen LogP contribution in [-0.4, -0.2) is 6.10 Å². The normalized spacial score (nSPS) is 17.3. The summed E-state index contributed by atoms with van der Waals surface area (Å²) in [6.07, 6.45) is 5.57. The molecule has 45 heavy (non-hydrogen) atoms. The zero-order valence-electron chi connectivity index (χ0n) is 26.8. The molecule has 1 atom stereocenters. The lowest BCUT2D eigenvalue weighted by atomic mass is 9.79. The summed E-state index contributed by atoms with van der Waals surface area (Å²) in [5.41, 5.74) is 15.3. The van der Waals surface area contributed by atoms with E-state index in [-0.39, 0.29) is 16.9 Å². The van der Waals surface area contributed by atoms with Crippen LogP contribution in [0.5, 0.6) is 5.75 Å². The number of para-hydroxylation sites is 3. The van der Waals surface area contributed by atoms with Crippen LogP contribution in [0.1, 0.15) is 63.3 Å². The Kier molecular flexibility index (Phi) is 6.22. The molecule has 0 aromatic heterocycles. The molecule has 0 spiro atoms. The summed E-state index contributed by atoms with van der Waals surface area (Å²) in [5, 5.41) is 0. The second kappa shape index (κ2) is 10.1. The van der Waals surface area contributed by atoms with Gasteiger partial charge in [0.25, 0.3) is 0 Å². The van der Waals surface area contributed by atoms with E-state index in [1.807, 2.05) is 0 Å². The Morgan fingerprint density at radius 2 is 1.40 bits per heavy atom. The highest BCUT2D eigenvalue weighted by atomic mass is 16.5. The maximum absolute atomic E-state index is 6.34. The van der Waals surface area contributed by atoms with Crippen molar-refractivity contribution in [3.8, 4) is 28.0 Å². The molecule has 3 aliphatic rings. The fourth-order valence-corrected chi connectivity index (χ4v) is 7.53. The van der Waals surface area contributed by atoms with Crippen LogP contribution in [0.3, 0.4) is 0 Å². The number of nitrogens with zero attached hydrogens (tertiary/aromatic N) is 1. The Hall–Kier alpha value is -4.82. The predicted octanol–water partition coefficient (Wildman–Crippen LogP) is 11.2. The quantitative estimate of drug-likeness (QED) is 0.208. The van der Waals surface area contributed by atoms with Gasteiger partial charge in [-0.15, -0.1) is 0 Å². The van der Waals surface area contributed by atoms with Gasteiger partial charge < -0.3 is 9.64 Å². The highest BCUT2D eigenvalue weighted by Crippen LogP contribution is 2.54. The first-order valence-corrected chi connectivity index (χ1v) is 16.1. The van der Waals surface area contributed by atoms with Crippen LogP contribution in [0.15, 0.2) is 133 Å². The first kappa shape index (κ1) is 27.7. The number of fused-ring (bicyclic) bond motifs is 6. The topological polar surface area (TPSA) is 12.5 Å². The van der Waals surface area contributed by atoms with Gasteiger partial charge in [-0.25, -0.2) is 0 Å². The monoisotopic (exact) mass is 585 g/mol. The Morgan fingerprint density at radius 3 is 2.20 bits per heavy atom. The van der Waals surface area contributed by atoms with Crippen molar-refractivity contribution in [1.82, 2.24) is 0 Å². The minimum Gasteiger partial charge on any atom is -0.485 e. The third kappa shape index (κ3) is 4.38. The van der Waals surface area contributed by atoms with E-state index < -0.39 is 0 Å². The van der Waals surface area contributed by atoms with Crippen LogP contribution >= 0.6 is 0 Å². The number of ether oxygens (including phenoxy) is 1. The van der Waals surface area contributed by atoms with Gasteiger partial charge in [-0.1, -0.05) is 132 Å². The molecule has 5 aromatic rings. The Morgan fingerprint density at radius 1 is 0.689 bits per heavy atom. The largest absolute Gasteiger partial charge is 0.485 e. The number of benzene rings is 5. The minimum absolute atomic E-state index is 0.0631. The van der Waals surface area contributed by atoms with Gasteiger partial charge >= 0.3 is 0 Å². The molecule has 0 N–H and O–H groups in total. The van der Waals surface area contributed by atoms with Crippen LogP contribution in [0, 0.1) is 0 Å². The third-order valence-electron chi connectivity index (χ3n) is 9.93. The SMILES string of the molecule is CC(C)(C)c1ccc2c(c1)C(C)(C)c1cccc(-c3ccccc3N(C3=CCC4Oc5ccccc5C4=C3)c3ccccc3)c1-2. The summed E-state index contributed by atoms with van der Waals surface area (Å²) >= 11 is 0. The lowest BCUT2D eigenvalue weighted by Crippen LogP contribution is -2.22. The zero-order chi connectivity index (χ0) is 30.9. The summed E-state index contributed by atoms with van der Waals surface area (Å²) < 4.78 is 6.34. The highest BCUT2D eigenvalue weighted by molar-refractivity contribution is 5.97. The van der Waals surface area contributed by atoms with Crippen molar-refractivity contribution in [2.75, 3.05) is 4.90 Å². The standard InChI is InChI=1S/C43H39NO/c1-42(2,3)28-22-24-34-37(26-28)43(4,5)36-19-13-18-33(41(34)36)31-16-9-11-20-38(31)44(29-14-7-6-8-15-29)30-23-25-40-35(27-30)32-17-10-12-21-39(32)45-40/h6-24,26-27,40H,25H2,1-5H3. The van der Waals surface area contributed by atoms with Crippen LogP contribution in [-0.2, 0) is 10.8 Å². The summed E-state index contributed by atoms with van der Waals surface area (Å²) in [4.78, 5) is 2.43. The van der Waals surface area contributed by atoms with Crippen LogP contribution in [0.4, 0.5) is 11.4 Å². The van der Waals surface area contributed by atoms with Crippen LogP contribution < -0.4 is 9.64 Å². The van der Waals surface area contributed by atoms with Gasteiger partial charge in [0, 0.05) is 39.9 Å². The second-order valence-corrected chi connectivity index (χ2v) is 14.1. The molecule has 0 bridgehead atoms. The molecule has 0 radical (unpaired) electrons. The molecule has 1 aliphatic heterocycles. The van der Waals surface area contributed by atoms with Crippen molar-refractivity contribution < 1.29 is 4.74 Å². The molecule has 1 heterocycles. The molecule has 2 nitrogen and oxygen atoms in total. The van der Waals surface area contributed by atoms with Crippen molar-refractivity contribution in [2.45, 2.75) is 58.0 Å². The van der Waals surface area contributed by atoms with Gasteiger partial charge in [0.15, 0.2) is 0 Å². The lowest BCUT2D eigenvalue weighted by Gasteiger charge is -2.31. The Balaban J connectivity index is 1.32. The van der Waals surface area contributed by atoms with Gasteiger partial charge in [-0.05, 0) is 69.1 Å². The van der Waals surface area contributed by atoms with Crippen molar-refractivity contribution >= 4 is 16.9 Å². The average molecular weight is 586 g/mol. The molecule has 2 aliphatic carbocycles. The van der Waals surface area contributed by atoms with Gasteiger partial charge in [-0.2, -0.15) is 0 Å². The highest BCUT2D eigenvalue weighted by Gasteiger charge is 2.38. The van der Waals surface area contributed by atoms with Crippen molar-refractivity contribution in [1.29, 1.82) is 0 Å². The number of hydrogen-bond acceptors (Lipinski definition) is 2. The smallest absolute Gasteiger partial charge is 0.128 e. The molecular weight excluding hydrogens is 546 g/mol. The molecule has 0 saturated carbocycles. The van der Waals surface area contributed by atoms with E-state index in [2.05, 4.69) is 167 Å². The minimum atomic E-state index is -0.0861. The maximum Gasteiger partial charge on any atom is 0.128 e. The molecule has 0 saturated heterocycles. The summed E-state index contributed by atoms with van der Waals surface area (Å²) in [6.45, 7) is 11.7. The van der Waals surface area contributed by atoms with E-state index in [1.165, 1.54) is 61.5 Å². The first-order valence-electron chi connectivity index (χ1n) is 16.1. The number of rotatable bonds is 4. The molecule has 2 heteroatoms. The first-order chi connectivity index (χ1) is 21.7. The van der Waals surface area contributed by atoms with E-state index in [0.717, 1.165) is 17.9 Å².